The van der Waals surface area contributed by atoms with Gasteiger partial charge in [-0.2, -0.15) is 0 Å². The molecule has 3 nitrogen and oxygen atoms in total. The van der Waals surface area contributed by atoms with Gasteiger partial charge in [-0.1, -0.05) is 26.0 Å². The van der Waals surface area contributed by atoms with Gasteiger partial charge in [-0.3, -0.25) is 4.90 Å². The maximum absolute atomic E-state index is 6.24. The SMILES string of the molecule is COc1ccc(CN2CCCC(CC(N)C(C)C)C2)cc1. The van der Waals surface area contributed by atoms with Crippen LogP contribution in [0.4, 0.5) is 0 Å². The van der Waals surface area contributed by atoms with E-state index in [-0.39, 0.29) is 0 Å². The lowest BCUT2D eigenvalue weighted by molar-refractivity contribution is 0.152. The highest BCUT2D eigenvalue weighted by Crippen LogP contribution is 2.24. The summed E-state index contributed by atoms with van der Waals surface area (Å²) in [7, 11) is 1.71. The molecule has 0 saturated carbocycles. The average Bonchev–Trinajstić information content (AvgIpc) is 2.48. The van der Waals surface area contributed by atoms with Gasteiger partial charge in [0.15, 0.2) is 0 Å². The Labute approximate surface area is 129 Å². The quantitative estimate of drug-likeness (QED) is 0.874. The summed E-state index contributed by atoms with van der Waals surface area (Å²) < 4.78 is 5.21. The molecule has 0 spiro atoms. The predicted molar refractivity (Wildman–Crippen MR) is 88.4 cm³/mol. The van der Waals surface area contributed by atoms with Crippen molar-refractivity contribution in [3.05, 3.63) is 29.8 Å². The van der Waals surface area contributed by atoms with E-state index in [0.29, 0.717) is 12.0 Å². The summed E-state index contributed by atoms with van der Waals surface area (Å²) in [5.41, 5.74) is 7.61. The fourth-order valence-corrected chi connectivity index (χ4v) is 3.13. The van der Waals surface area contributed by atoms with Crippen LogP contribution in [0.1, 0.15) is 38.7 Å². The van der Waals surface area contributed by atoms with Gasteiger partial charge in [0.05, 0.1) is 7.11 Å². The zero-order valence-electron chi connectivity index (χ0n) is 13.7. The molecule has 1 aromatic rings. The average molecular weight is 290 g/mol. The molecule has 1 saturated heterocycles. The van der Waals surface area contributed by atoms with Gasteiger partial charge in [-0.05, 0) is 55.3 Å². The monoisotopic (exact) mass is 290 g/mol. The van der Waals surface area contributed by atoms with E-state index in [1.165, 1.54) is 31.5 Å². The van der Waals surface area contributed by atoms with Crippen molar-refractivity contribution >= 4 is 0 Å². The summed E-state index contributed by atoms with van der Waals surface area (Å²) in [5.74, 6) is 2.27. The Morgan fingerprint density at radius 1 is 1.29 bits per heavy atom. The molecule has 2 atom stereocenters. The third kappa shape index (κ3) is 5.01. The van der Waals surface area contributed by atoms with Crippen molar-refractivity contribution in [2.45, 2.75) is 45.7 Å². The number of ether oxygens (including phenoxy) is 1. The van der Waals surface area contributed by atoms with Crippen LogP contribution in [0, 0.1) is 11.8 Å². The number of hydrogen-bond acceptors (Lipinski definition) is 3. The molecule has 3 heteroatoms. The maximum Gasteiger partial charge on any atom is 0.118 e. The van der Waals surface area contributed by atoms with Gasteiger partial charge < -0.3 is 10.5 Å². The highest BCUT2D eigenvalue weighted by Gasteiger charge is 2.22. The largest absolute Gasteiger partial charge is 0.497 e. The second-order valence-corrected chi connectivity index (χ2v) is 6.74. The smallest absolute Gasteiger partial charge is 0.118 e. The van der Waals surface area contributed by atoms with E-state index >= 15 is 0 Å². The molecule has 0 amide bonds. The van der Waals surface area contributed by atoms with Gasteiger partial charge >= 0.3 is 0 Å². The molecule has 0 aliphatic carbocycles. The summed E-state index contributed by atoms with van der Waals surface area (Å²) in [4.78, 5) is 2.57. The summed E-state index contributed by atoms with van der Waals surface area (Å²) in [6, 6.07) is 8.78. The summed E-state index contributed by atoms with van der Waals surface area (Å²) >= 11 is 0. The van der Waals surface area contributed by atoms with E-state index in [1.54, 1.807) is 7.11 Å². The van der Waals surface area contributed by atoms with E-state index < -0.39 is 0 Å². The Kier molecular flexibility index (Phi) is 6.07. The van der Waals surface area contributed by atoms with Crippen LogP contribution in [0.25, 0.3) is 0 Å². The minimum atomic E-state index is 0.343. The van der Waals surface area contributed by atoms with Gasteiger partial charge in [-0.25, -0.2) is 0 Å². The second kappa shape index (κ2) is 7.81. The lowest BCUT2D eigenvalue weighted by Gasteiger charge is -2.34. The van der Waals surface area contributed by atoms with Crippen LogP contribution >= 0.6 is 0 Å². The molecule has 0 radical (unpaired) electrons. The lowest BCUT2D eigenvalue weighted by atomic mass is 9.87. The van der Waals surface area contributed by atoms with Crippen molar-refractivity contribution in [2.75, 3.05) is 20.2 Å². The first kappa shape index (κ1) is 16.3. The highest BCUT2D eigenvalue weighted by molar-refractivity contribution is 5.27. The second-order valence-electron chi connectivity index (χ2n) is 6.74. The molecule has 2 unspecified atom stereocenters. The highest BCUT2D eigenvalue weighted by atomic mass is 16.5. The van der Waals surface area contributed by atoms with Crippen LogP contribution in [0.3, 0.4) is 0 Å². The first-order chi connectivity index (χ1) is 10.1. The number of rotatable bonds is 6. The van der Waals surface area contributed by atoms with E-state index in [4.69, 9.17) is 10.5 Å². The molecule has 118 valence electrons. The summed E-state index contributed by atoms with van der Waals surface area (Å²) in [6.45, 7) is 7.88. The van der Waals surface area contributed by atoms with E-state index in [9.17, 15) is 0 Å². The molecule has 1 fully saturated rings. The Balaban J connectivity index is 1.85. The van der Waals surface area contributed by atoms with Crippen LogP contribution in [0.5, 0.6) is 5.75 Å². The summed E-state index contributed by atoms with van der Waals surface area (Å²) in [6.07, 6.45) is 3.79. The molecular weight excluding hydrogens is 260 g/mol. The van der Waals surface area contributed by atoms with Crippen molar-refractivity contribution in [1.29, 1.82) is 0 Å². The number of hydrogen-bond donors (Lipinski definition) is 1. The molecule has 1 heterocycles. The number of nitrogens with zero attached hydrogens (tertiary/aromatic N) is 1. The molecule has 21 heavy (non-hydrogen) atoms. The molecule has 1 aliphatic heterocycles. The van der Waals surface area contributed by atoms with Crippen LogP contribution < -0.4 is 10.5 Å². The minimum absolute atomic E-state index is 0.343. The van der Waals surface area contributed by atoms with Gasteiger partial charge in [0, 0.05) is 19.1 Å². The molecule has 0 aromatic heterocycles. The summed E-state index contributed by atoms with van der Waals surface area (Å²) in [5, 5.41) is 0. The lowest BCUT2D eigenvalue weighted by Crippen LogP contribution is -2.38. The maximum atomic E-state index is 6.24. The van der Waals surface area contributed by atoms with Crippen molar-refractivity contribution in [2.24, 2.45) is 17.6 Å². The van der Waals surface area contributed by atoms with Crippen LogP contribution in [0.15, 0.2) is 24.3 Å². The number of likely N-dealkylation sites (tertiary alicyclic amines) is 1. The Hall–Kier alpha value is -1.06. The molecule has 2 rings (SSSR count). The first-order valence-corrected chi connectivity index (χ1v) is 8.19. The van der Waals surface area contributed by atoms with E-state index in [1.807, 2.05) is 12.1 Å². The fourth-order valence-electron chi connectivity index (χ4n) is 3.13. The number of benzene rings is 1. The third-order valence-electron chi connectivity index (χ3n) is 4.63. The number of piperidine rings is 1. The normalized spacial score (nSPS) is 21.5. The fraction of sp³-hybridized carbons (Fsp3) is 0.667. The van der Waals surface area contributed by atoms with Crippen molar-refractivity contribution < 1.29 is 4.74 Å². The Morgan fingerprint density at radius 2 is 2.00 bits per heavy atom. The van der Waals surface area contributed by atoms with E-state index in [2.05, 4.69) is 30.9 Å². The number of nitrogens with two attached hydrogens (primary N) is 1. The van der Waals surface area contributed by atoms with Gasteiger partial charge in [0.2, 0.25) is 0 Å². The minimum Gasteiger partial charge on any atom is -0.497 e. The molecular formula is C18H30N2O. The molecule has 2 N–H and O–H groups in total. The topological polar surface area (TPSA) is 38.5 Å². The van der Waals surface area contributed by atoms with Gasteiger partial charge in [0.25, 0.3) is 0 Å². The Bertz CT molecular complexity index is 416. The standard InChI is InChI=1S/C18H30N2O/c1-14(2)18(19)11-16-5-4-10-20(13-16)12-15-6-8-17(21-3)9-7-15/h6-9,14,16,18H,4-5,10-13,19H2,1-3H3. The zero-order valence-corrected chi connectivity index (χ0v) is 13.7. The molecule has 0 bridgehead atoms. The molecule has 1 aromatic carbocycles. The van der Waals surface area contributed by atoms with Crippen molar-refractivity contribution in [1.82, 2.24) is 4.90 Å². The van der Waals surface area contributed by atoms with Crippen molar-refractivity contribution in [3.63, 3.8) is 0 Å². The van der Waals surface area contributed by atoms with Gasteiger partial charge in [-0.15, -0.1) is 0 Å². The molecule has 1 aliphatic rings. The van der Waals surface area contributed by atoms with Crippen LogP contribution in [-0.2, 0) is 6.54 Å². The number of methoxy groups -OCH3 is 1. The third-order valence-corrected chi connectivity index (χ3v) is 4.63. The Morgan fingerprint density at radius 3 is 2.62 bits per heavy atom. The van der Waals surface area contributed by atoms with Gasteiger partial charge in [0.1, 0.15) is 5.75 Å². The predicted octanol–water partition coefficient (Wildman–Crippen LogP) is 3.28. The van der Waals surface area contributed by atoms with E-state index in [0.717, 1.165) is 24.6 Å². The van der Waals surface area contributed by atoms with Crippen molar-refractivity contribution in [3.8, 4) is 5.75 Å². The first-order valence-electron chi connectivity index (χ1n) is 8.19. The zero-order chi connectivity index (χ0) is 15.2. The van der Waals surface area contributed by atoms with Crippen LogP contribution in [-0.4, -0.2) is 31.1 Å². The van der Waals surface area contributed by atoms with Crippen LogP contribution in [0.2, 0.25) is 0 Å².